The van der Waals surface area contributed by atoms with Crippen molar-refractivity contribution >= 4 is 6.09 Å². The Bertz CT molecular complexity index is 898. The van der Waals surface area contributed by atoms with Crippen molar-refractivity contribution in [2.75, 3.05) is 26.2 Å². The summed E-state index contributed by atoms with van der Waals surface area (Å²) in [5.74, 6) is 2.38. The number of nitrogens with zero attached hydrogens (tertiary/aromatic N) is 2. The molecule has 2 heterocycles. The Balaban J connectivity index is 1.53. The molecule has 2 aromatic carbocycles. The Morgan fingerprint density at radius 1 is 1.10 bits per heavy atom. The van der Waals surface area contributed by atoms with Gasteiger partial charge in [0, 0.05) is 19.6 Å². The van der Waals surface area contributed by atoms with Crippen LogP contribution in [0.2, 0.25) is 0 Å². The molecule has 0 N–H and O–H groups in total. The van der Waals surface area contributed by atoms with Gasteiger partial charge in [0.25, 0.3) is 0 Å². The summed E-state index contributed by atoms with van der Waals surface area (Å²) in [6.45, 7) is 2.89. The number of halogens is 1. The smallest absolute Gasteiger partial charge is 0.410 e. The molecular weight excluding hydrogens is 367 g/mol. The van der Waals surface area contributed by atoms with E-state index >= 15 is 0 Å². The summed E-state index contributed by atoms with van der Waals surface area (Å²) in [5.41, 5.74) is 3.18. The zero-order valence-electron chi connectivity index (χ0n) is 16.4. The van der Waals surface area contributed by atoms with Crippen LogP contribution in [-0.2, 0) is 11.2 Å². The van der Waals surface area contributed by atoms with Crippen LogP contribution in [0.1, 0.15) is 35.6 Å². The first kappa shape index (κ1) is 19.5. The maximum Gasteiger partial charge on any atom is 0.410 e. The number of fused-ring (bicyclic) bond motifs is 1. The molecule has 5 heteroatoms. The molecule has 150 valence electrons. The number of terminal acetylenes is 1. The minimum absolute atomic E-state index is 0.0948. The van der Waals surface area contributed by atoms with Crippen LogP contribution in [-0.4, -0.2) is 48.2 Å². The van der Waals surface area contributed by atoms with Gasteiger partial charge in [-0.15, -0.1) is 6.42 Å². The minimum atomic E-state index is -0.302. The molecule has 0 saturated carbocycles. The van der Waals surface area contributed by atoms with Crippen LogP contribution < -0.4 is 0 Å². The molecule has 2 aromatic rings. The zero-order chi connectivity index (χ0) is 20.2. The molecule has 2 aliphatic rings. The zero-order valence-corrected chi connectivity index (χ0v) is 16.4. The Kier molecular flexibility index (Phi) is 5.82. The Morgan fingerprint density at radius 3 is 2.55 bits per heavy atom. The molecule has 0 radical (unpaired) electrons. The molecule has 1 fully saturated rings. The van der Waals surface area contributed by atoms with E-state index in [0.717, 1.165) is 43.5 Å². The fraction of sp³-hybridized carbons (Fsp3) is 0.375. The van der Waals surface area contributed by atoms with Crippen LogP contribution in [0.5, 0.6) is 0 Å². The van der Waals surface area contributed by atoms with Gasteiger partial charge in [0.2, 0.25) is 0 Å². The molecule has 4 nitrogen and oxygen atoms in total. The summed E-state index contributed by atoms with van der Waals surface area (Å²) in [5, 5.41) is 0. The van der Waals surface area contributed by atoms with Crippen LogP contribution in [0.15, 0.2) is 48.5 Å². The molecule has 0 spiro atoms. The number of carbonyl (C=O) groups is 1. The van der Waals surface area contributed by atoms with E-state index in [1.165, 1.54) is 17.7 Å². The van der Waals surface area contributed by atoms with Crippen molar-refractivity contribution in [2.24, 2.45) is 0 Å². The van der Waals surface area contributed by atoms with Gasteiger partial charge < -0.3 is 4.74 Å². The lowest BCUT2D eigenvalue weighted by Crippen LogP contribution is -2.44. The molecule has 4 rings (SSSR count). The topological polar surface area (TPSA) is 32.8 Å². The van der Waals surface area contributed by atoms with Crippen LogP contribution in [0.4, 0.5) is 9.18 Å². The van der Waals surface area contributed by atoms with Gasteiger partial charge in [0.1, 0.15) is 11.9 Å². The van der Waals surface area contributed by atoms with Crippen molar-refractivity contribution < 1.29 is 13.9 Å². The van der Waals surface area contributed by atoms with Gasteiger partial charge in [-0.25, -0.2) is 9.18 Å². The lowest BCUT2D eigenvalue weighted by Gasteiger charge is -2.38. The second-order valence-corrected chi connectivity index (χ2v) is 7.66. The number of piperidine rings is 1. The second-order valence-electron chi connectivity index (χ2n) is 7.66. The summed E-state index contributed by atoms with van der Waals surface area (Å²) in [6.07, 6.45) is 7.35. The molecule has 1 atom stereocenters. The van der Waals surface area contributed by atoms with Crippen molar-refractivity contribution in [2.45, 2.75) is 31.4 Å². The molecule has 0 aromatic heterocycles. The lowest BCUT2D eigenvalue weighted by molar-refractivity contribution is 0.0244. The number of likely N-dealkylation sites (tertiary alicyclic amines) is 1. The normalized spacial score (nSPS) is 20.0. The average molecular weight is 392 g/mol. The molecule has 29 heavy (non-hydrogen) atoms. The Morgan fingerprint density at radius 2 is 1.83 bits per heavy atom. The fourth-order valence-corrected chi connectivity index (χ4v) is 4.29. The van der Waals surface area contributed by atoms with Crippen molar-refractivity contribution in [1.82, 2.24) is 9.80 Å². The first-order valence-corrected chi connectivity index (χ1v) is 10.1. The Labute approximate surface area is 171 Å². The van der Waals surface area contributed by atoms with E-state index in [4.69, 9.17) is 11.2 Å². The van der Waals surface area contributed by atoms with Crippen molar-refractivity contribution in [3.05, 3.63) is 71.0 Å². The van der Waals surface area contributed by atoms with Gasteiger partial charge in [-0.2, -0.15) is 0 Å². The average Bonchev–Trinajstić information content (AvgIpc) is 2.75. The highest BCUT2D eigenvalue weighted by atomic mass is 19.1. The van der Waals surface area contributed by atoms with E-state index in [0.29, 0.717) is 13.1 Å². The third-order valence-corrected chi connectivity index (χ3v) is 5.82. The third-order valence-electron chi connectivity index (χ3n) is 5.82. The van der Waals surface area contributed by atoms with Gasteiger partial charge >= 0.3 is 6.09 Å². The van der Waals surface area contributed by atoms with E-state index in [1.807, 2.05) is 18.2 Å². The van der Waals surface area contributed by atoms with Gasteiger partial charge in [0.05, 0.1) is 12.6 Å². The molecule has 0 unspecified atom stereocenters. The number of hydrogen-bond donors (Lipinski definition) is 0. The molecular formula is C24H25FN2O2. The number of hydrogen-bond acceptors (Lipinski definition) is 3. The van der Waals surface area contributed by atoms with Gasteiger partial charge in [-0.1, -0.05) is 42.3 Å². The fourth-order valence-electron chi connectivity index (χ4n) is 4.29. The minimum Gasteiger partial charge on any atom is -0.446 e. The highest BCUT2D eigenvalue weighted by Crippen LogP contribution is 2.36. The number of rotatable bonds is 3. The monoisotopic (exact) mass is 392 g/mol. The van der Waals surface area contributed by atoms with Crippen molar-refractivity contribution in [3.8, 4) is 12.3 Å². The summed E-state index contributed by atoms with van der Waals surface area (Å²) in [7, 11) is 0. The molecule has 1 amide bonds. The van der Waals surface area contributed by atoms with E-state index in [9.17, 15) is 9.18 Å². The molecule has 1 saturated heterocycles. The van der Waals surface area contributed by atoms with Gasteiger partial charge in [-0.3, -0.25) is 9.80 Å². The quantitative estimate of drug-likeness (QED) is 0.740. The second kappa shape index (κ2) is 8.67. The highest BCUT2D eigenvalue weighted by Gasteiger charge is 2.34. The summed E-state index contributed by atoms with van der Waals surface area (Å²) in [4.78, 5) is 17.1. The number of amides is 1. The van der Waals surface area contributed by atoms with Gasteiger partial charge in [-0.05, 0) is 48.1 Å². The standard InChI is InChI=1S/C24H25FN2O2/c1-2-14-26-15-12-21(13-16-26)29-24(28)27-17-11-18-5-3-4-6-22(18)23(27)19-7-9-20(25)10-8-19/h1,3-10,21,23H,11-17H2/t23-/m0/s1. The highest BCUT2D eigenvalue weighted by molar-refractivity contribution is 5.70. The van der Waals surface area contributed by atoms with Gasteiger partial charge in [0.15, 0.2) is 0 Å². The third kappa shape index (κ3) is 4.28. The first-order chi connectivity index (χ1) is 14.2. The number of benzene rings is 2. The SMILES string of the molecule is C#CCN1CCC(OC(=O)N2CCc3ccccc3[C@@H]2c2ccc(F)cc2)CC1. The number of carbonyl (C=O) groups excluding carboxylic acids is 1. The van der Waals surface area contributed by atoms with Crippen molar-refractivity contribution in [3.63, 3.8) is 0 Å². The van der Waals surface area contributed by atoms with Crippen LogP contribution in [0, 0.1) is 18.2 Å². The predicted molar refractivity (Wildman–Crippen MR) is 110 cm³/mol. The van der Waals surface area contributed by atoms with Crippen LogP contribution >= 0.6 is 0 Å². The maximum atomic E-state index is 13.5. The summed E-state index contributed by atoms with van der Waals surface area (Å²) < 4.78 is 19.4. The van der Waals surface area contributed by atoms with E-state index in [1.54, 1.807) is 17.0 Å². The lowest BCUT2D eigenvalue weighted by atomic mass is 9.88. The maximum absolute atomic E-state index is 13.5. The van der Waals surface area contributed by atoms with E-state index < -0.39 is 0 Å². The van der Waals surface area contributed by atoms with Crippen LogP contribution in [0.3, 0.4) is 0 Å². The number of ether oxygens (including phenoxy) is 1. The predicted octanol–water partition coefficient (Wildman–Crippen LogP) is 4.01. The summed E-state index contributed by atoms with van der Waals surface area (Å²) >= 11 is 0. The van der Waals surface area contributed by atoms with E-state index in [2.05, 4.69) is 16.9 Å². The molecule has 0 bridgehead atoms. The molecule has 0 aliphatic carbocycles. The molecule has 2 aliphatic heterocycles. The largest absolute Gasteiger partial charge is 0.446 e. The van der Waals surface area contributed by atoms with Crippen LogP contribution in [0.25, 0.3) is 0 Å². The first-order valence-electron chi connectivity index (χ1n) is 10.1. The summed E-state index contributed by atoms with van der Waals surface area (Å²) in [6, 6.07) is 14.2. The Hall–Kier alpha value is -2.84. The van der Waals surface area contributed by atoms with Crippen molar-refractivity contribution in [1.29, 1.82) is 0 Å². The van der Waals surface area contributed by atoms with E-state index in [-0.39, 0.29) is 24.1 Å².